The Morgan fingerprint density at radius 1 is 0.900 bits per heavy atom. The van der Waals surface area contributed by atoms with Crippen LogP contribution in [0.25, 0.3) is 11.1 Å². The molecule has 0 saturated carbocycles. The van der Waals surface area contributed by atoms with Gasteiger partial charge in [0.15, 0.2) is 11.6 Å². The highest BCUT2D eigenvalue weighted by molar-refractivity contribution is 6.49. The first kappa shape index (κ1) is 15.3. The predicted molar refractivity (Wildman–Crippen MR) is 73.5 cm³/mol. The summed E-state index contributed by atoms with van der Waals surface area (Å²) in [6.07, 6.45) is 0. The fraction of sp³-hybridized carbons (Fsp3) is 0.0769. The van der Waals surface area contributed by atoms with Crippen molar-refractivity contribution in [3.63, 3.8) is 0 Å². The van der Waals surface area contributed by atoms with E-state index in [1.54, 1.807) is 0 Å². The van der Waals surface area contributed by atoms with E-state index in [0.29, 0.717) is 0 Å². The van der Waals surface area contributed by atoms with E-state index in [0.717, 1.165) is 6.07 Å². The van der Waals surface area contributed by atoms with Crippen molar-refractivity contribution in [3.05, 3.63) is 51.2 Å². The van der Waals surface area contributed by atoms with E-state index in [9.17, 15) is 13.2 Å². The zero-order valence-electron chi connectivity index (χ0n) is 9.64. The molecule has 0 aliphatic carbocycles. The Balaban J connectivity index is 2.64. The van der Waals surface area contributed by atoms with Crippen LogP contribution in [-0.4, -0.2) is 6.61 Å². The number of ether oxygens (including phenoxy) is 1. The zero-order chi connectivity index (χ0) is 14.9. The molecule has 0 spiro atoms. The van der Waals surface area contributed by atoms with Crippen molar-refractivity contribution in [2.45, 2.75) is 6.61 Å². The molecule has 0 aliphatic heterocycles. The lowest BCUT2D eigenvalue weighted by Gasteiger charge is -2.13. The summed E-state index contributed by atoms with van der Waals surface area (Å²) in [5, 5.41) is 0.287. The van der Waals surface area contributed by atoms with E-state index < -0.39 is 18.2 Å². The lowest BCUT2D eigenvalue weighted by molar-refractivity contribution is -0.0517. The average Bonchev–Trinajstić information content (AvgIpc) is 2.39. The molecule has 2 aromatic carbocycles. The van der Waals surface area contributed by atoms with Crippen LogP contribution in [0.5, 0.6) is 5.75 Å². The molecule has 2 aromatic rings. The van der Waals surface area contributed by atoms with Crippen LogP contribution in [0.2, 0.25) is 15.1 Å². The molecule has 7 heteroatoms. The van der Waals surface area contributed by atoms with Gasteiger partial charge in [0.1, 0.15) is 0 Å². The van der Waals surface area contributed by atoms with Crippen molar-refractivity contribution in [2.24, 2.45) is 0 Å². The van der Waals surface area contributed by atoms with Crippen molar-refractivity contribution in [1.82, 2.24) is 0 Å². The summed E-state index contributed by atoms with van der Waals surface area (Å²) in [6.45, 7) is -3.16. The van der Waals surface area contributed by atoms with Crippen LogP contribution < -0.4 is 4.74 Å². The maximum Gasteiger partial charge on any atom is 0.387 e. The first-order chi connectivity index (χ1) is 9.41. The summed E-state index contributed by atoms with van der Waals surface area (Å²) < 4.78 is 42.6. The second-order valence-electron chi connectivity index (χ2n) is 3.72. The highest BCUT2D eigenvalue weighted by Gasteiger charge is 2.19. The molecular formula is C13H6Cl3F3O. The van der Waals surface area contributed by atoms with Crippen molar-refractivity contribution in [3.8, 4) is 16.9 Å². The summed E-state index contributed by atoms with van der Waals surface area (Å²) in [6, 6.07) is 6.63. The number of alkyl halides is 2. The Hall–Kier alpha value is -1.10. The molecule has 0 atom stereocenters. The predicted octanol–water partition coefficient (Wildman–Crippen LogP) is 6.05. The summed E-state index contributed by atoms with van der Waals surface area (Å²) >= 11 is 17.7. The van der Waals surface area contributed by atoms with E-state index in [1.807, 2.05) is 0 Å². The fourth-order valence-corrected chi connectivity index (χ4v) is 2.30. The van der Waals surface area contributed by atoms with E-state index in [4.69, 9.17) is 34.8 Å². The molecule has 20 heavy (non-hydrogen) atoms. The minimum Gasteiger partial charge on any atom is -0.431 e. The van der Waals surface area contributed by atoms with E-state index in [1.165, 1.54) is 24.3 Å². The van der Waals surface area contributed by atoms with Gasteiger partial charge in [0.05, 0.1) is 15.1 Å². The molecule has 0 N–H and O–H groups in total. The van der Waals surface area contributed by atoms with Crippen LogP contribution in [0, 0.1) is 5.82 Å². The van der Waals surface area contributed by atoms with Gasteiger partial charge in [0.25, 0.3) is 0 Å². The number of hydrogen-bond acceptors (Lipinski definition) is 1. The van der Waals surface area contributed by atoms with Gasteiger partial charge in [-0.05, 0) is 12.1 Å². The van der Waals surface area contributed by atoms with Crippen LogP contribution >= 0.6 is 34.8 Å². The van der Waals surface area contributed by atoms with Crippen molar-refractivity contribution < 1.29 is 17.9 Å². The van der Waals surface area contributed by atoms with Crippen LogP contribution in [0.15, 0.2) is 30.3 Å². The molecule has 0 saturated heterocycles. The topological polar surface area (TPSA) is 9.23 Å². The van der Waals surface area contributed by atoms with Crippen LogP contribution in [-0.2, 0) is 0 Å². The largest absolute Gasteiger partial charge is 0.431 e. The van der Waals surface area contributed by atoms with E-state index in [2.05, 4.69) is 4.74 Å². The average molecular weight is 342 g/mol. The maximum atomic E-state index is 13.6. The van der Waals surface area contributed by atoms with Gasteiger partial charge in [-0.3, -0.25) is 0 Å². The normalized spacial score (nSPS) is 10.9. The van der Waals surface area contributed by atoms with Crippen LogP contribution in [0.4, 0.5) is 13.2 Å². The Kier molecular flexibility index (Phi) is 4.68. The van der Waals surface area contributed by atoms with Crippen LogP contribution in [0.3, 0.4) is 0 Å². The Bertz CT molecular complexity index is 647. The van der Waals surface area contributed by atoms with Crippen molar-refractivity contribution in [2.75, 3.05) is 0 Å². The molecule has 0 amide bonds. The zero-order valence-corrected chi connectivity index (χ0v) is 11.9. The molecule has 0 heterocycles. The molecule has 0 bridgehead atoms. The molecule has 0 radical (unpaired) electrons. The summed E-state index contributed by atoms with van der Waals surface area (Å²) in [5.74, 6) is -1.52. The molecule has 1 nitrogen and oxygen atoms in total. The second-order valence-corrected chi connectivity index (χ2v) is 4.88. The summed E-state index contributed by atoms with van der Waals surface area (Å²) in [4.78, 5) is 0. The Labute approximate surface area is 127 Å². The number of halogens is 6. The fourth-order valence-electron chi connectivity index (χ4n) is 1.66. The molecule has 106 valence electrons. The van der Waals surface area contributed by atoms with Gasteiger partial charge in [-0.25, -0.2) is 4.39 Å². The monoisotopic (exact) mass is 340 g/mol. The number of para-hydroxylation sites is 1. The lowest BCUT2D eigenvalue weighted by atomic mass is 10.0. The molecule has 0 fully saturated rings. The SMILES string of the molecule is Fc1cccc(-c2ccc(Cl)c(Cl)c2Cl)c1OC(F)F. The van der Waals surface area contributed by atoms with Gasteiger partial charge in [0, 0.05) is 11.1 Å². The number of benzene rings is 2. The summed E-state index contributed by atoms with van der Waals surface area (Å²) in [7, 11) is 0. The minimum absolute atomic E-state index is 0.0314. The molecule has 2 rings (SSSR count). The third kappa shape index (κ3) is 2.97. The highest BCUT2D eigenvalue weighted by Crippen LogP contribution is 2.42. The van der Waals surface area contributed by atoms with Crippen molar-refractivity contribution >= 4 is 34.8 Å². The lowest BCUT2D eigenvalue weighted by Crippen LogP contribution is -2.05. The third-order valence-electron chi connectivity index (χ3n) is 2.50. The van der Waals surface area contributed by atoms with Gasteiger partial charge < -0.3 is 4.74 Å². The first-order valence-corrected chi connectivity index (χ1v) is 6.42. The van der Waals surface area contributed by atoms with E-state index >= 15 is 0 Å². The molecule has 0 aromatic heterocycles. The van der Waals surface area contributed by atoms with Gasteiger partial charge in [0.2, 0.25) is 0 Å². The Morgan fingerprint density at radius 2 is 1.60 bits per heavy atom. The molecule has 0 aliphatic rings. The van der Waals surface area contributed by atoms with Gasteiger partial charge in [-0.2, -0.15) is 8.78 Å². The quantitative estimate of drug-likeness (QED) is 0.617. The van der Waals surface area contributed by atoms with Crippen LogP contribution in [0.1, 0.15) is 0 Å². The maximum absolute atomic E-state index is 13.6. The third-order valence-corrected chi connectivity index (χ3v) is 3.79. The van der Waals surface area contributed by atoms with Gasteiger partial charge in [-0.15, -0.1) is 0 Å². The summed E-state index contributed by atoms with van der Waals surface area (Å²) in [5.41, 5.74) is 0.310. The Morgan fingerprint density at radius 3 is 2.25 bits per heavy atom. The first-order valence-electron chi connectivity index (χ1n) is 5.29. The number of rotatable bonds is 3. The van der Waals surface area contributed by atoms with E-state index in [-0.39, 0.29) is 26.2 Å². The highest BCUT2D eigenvalue weighted by atomic mass is 35.5. The molecular weight excluding hydrogens is 335 g/mol. The van der Waals surface area contributed by atoms with Gasteiger partial charge >= 0.3 is 6.61 Å². The molecule has 0 unspecified atom stereocenters. The smallest absolute Gasteiger partial charge is 0.387 e. The minimum atomic E-state index is -3.16. The van der Waals surface area contributed by atoms with Gasteiger partial charge in [-0.1, -0.05) is 53.0 Å². The standard InChI is InChI=1S/C13H6Cl3F3O/c14-8-5-4-6(10(15)11(8)16)7-2-1-3-9(17)12(7)20-13(18)19/h1-5,13H. The number of hydrogen-bond donors (Lipinski definition) is 0. The van der Waals surface area contributed by atoms with Crippen molar-refractivity contribution in [1.29, 1.82) is 0 Å². The second kappa shape index (κ2) is 6.12.